The largest absolute Gasteiger partial charge is 0.264 e. The number of rotatable bonds is 6. The lowest BCUT2D eigenvalue weighted by Gasteiger charge is -2.05. The highest BCUT2D eigenvalue weighted by Gasteiger charge is 2.08. The normalized spacial score (nSPS) is 10.8. The highest BCUT2D eigenvalue weighted by atomic mass is 32.2. The van der Waals surface area contributed by atoms with Crippen molar-refractivity contribution in [3.8, 4) is 5.69 Å². The van der Waals surface area contributed by atoms with Crippen LogP contribution in [0.15, 0.2) is 53.9 Å². The molecule has 3 rings (SSSR count). The number of thioether (sulfide) groups is 1. The number of tetrazole rings is 1. The predicted molar refractivity (Wildman–Crippen MR) is 87.2 cm³/mol. The lowest BCUT2D eigenvalue weighted by Crippen LogP contribution is -2.00. The summed E-state index contributed by atoms with van der Waals surface area (Å²) < 4.78 is 1.79. The van der Waals surface area contributed by atoms with Gasteiger partial charge in [-0.1, -0.05) is 30.0 Å². The number of aryl methyl sites for hydroxylation is 2. The molecule has 0 spiro atoms. The van der Waals surface area contributed by atoms with Crippen LogP contribution in [0.5, 0.6) is 0 Å². The summed E-state index contributed by atoms with van der Waals surface area (Å²) in [5.74, 6) is 0.973. The van der Waals surface area contributed by atoms with E-state index in [0.717, 1.165) is 29.4 Å². The molecule has 2 aromatic heterocycles. The molecule has 0 saturated heterocycles. The molecule has 0 atom stereocenters. The average molecular weight is 311 g/mol. The SMILES string of the molecule is Cc1cccc(-n2nnnc2SCCCc2cccnc2)c1. The summed E-state index contributed by atoms with van der Waals surface area (Å²) in [6.45, 7) is 2.06. The van der Waals surface area contributed by atoms with Gasteiger partial charge in [-0.2, -0.15) is 4.68 Å². The molecular weight excluding hydrogens is 294 g/mol. The van der Waals surface area contributed by atoms with Crippen molar-refractivity contribution in [2.75, 3.05) is 5.75 Å². The predicted octanol–water partition coefficient (Wildman–Crippen LogP) is 3.09. The molecule has 0 aliphatic heterocycles. The Labute approximate surface area is 133 Å². The molecule has 112 valence electrons. The highest BCUT2D eigenvalue weighted by molar-refractivity contribution is 7.99. The molecule has 1 aromatic carbocycles. The van der Waals surface area contributed by atoms with E-state index in [0.29, 0.717) is 0 Å². The first-order valence-electron chi connectivity index (χ1n) is 7.20. The first-order valence-corrected chi connectivity index (χ1v) is 8.18. The lowest BCUT2D eigenvalue weighted by atomic mass is 10.2. The molecule has 3 aromatic rings. The molecule has 0 aliphatic carbocycles. The van der Waals surface area contributed by atoms with Crippen LogP contribution in [0.25, 0.3) is 5.69 Å². The van der Waals surface area contributed by atoms with Crippen LogP contribution < -0.4 is 0 Å². The standard InChI is InChI=1S/C16H17N5S/c1-13-5-2-8-15(11-13)21-16(18-19-20-21)22-10-4-7-14-6-3-9-17-12-14/h2-3,5-6,8-9,11-12H,4,7,10H2,1H3. The maximum atomic E-state index is 4.13. The van der Waals surface area contributed by atoms with E-state index in [1.54, 1.807) is 22.6 Å². The molecule has 0 radical (unpaired) electrons. The van der Waals surface area contributed by atoms with Crippen LogP contribution in [0.4, 0.5) is 0 Å². The van der Waals surface area contributed by atoms with Crippen molar-refractivity contribution in [1.29, 1.82) is 0 Å². The topological polar surface area (TPSA) is 56.5 Å². The van der Waals surface area contributed by atoms with Gasteiger partial charge in [0.1, 0.15) is 0 Å². The van der Waals surface area contributed by atoms with Crippen LogP contribution in [0.1, 0.15) is 17.5 Å². The summed E-state index contributed by atoms with van der Waals surface area (Å²) in [5.41, 5.74) is 3.46. The van der Waals surface area contributed by atoms with Gasteiger partial charge in [-0.25, -0.2) is 0 Å². The minimum atomic E-state index is 0.830. The number of hydrogen-bond acceptors (Lipinski definition) is 5. The number of hydrogen-bond donors (Lipinski definition) is 0. The zero-order valence-corrected chi connectivity index (χ0v) is 13.2. The van der Waals surface area contributed by atoms with Gasteiger partial charge in [0.15, 0.2) is 0 Å². The fourth-order valence-electron chi connectivity index (χ4n) is 2.18. The third kappa shape index (κ3) is 3.71. The zero-order chi connectivity index (χ0) is 15.2. The summed E-state index contributed by atoms with van der Waals surface area (Å²) in [5, 5.41) is 12.8. The molecule has 0 aliphatic rings. The zero-order valence-electron chi connectivity index (χ0n) is 12.4. The van der Waals surface area contributed by atoms with Gasteiger partial charge in [0.25, 0.3) is 0 Å². The van der Waals surface area contributed by atoms with Crippen LogP contribution in [-0.4, -0.2) is 30.9 Å². The van der Waals surface area contributed by atoms with Crippen molar-refractivity contribution in [1.82, 2.24) is 25.2 Å². The number of pyridine rings is 1. The molecular formula is C16H17N5S. The average Bonchev–Trinajstić information content (AvgIpc) is 3.01. The molecule has 0 N–H and O–H groups in total. The van der Waals surface area contributed by atoms with Crippen LogP contribution in [0.2, 0.25) is 0 Å². The monoisotopic (exact) mass is 311 g/mol. The van der Waals surface area contributed by atoms with Crippen LogP contribution in [-0.2, 0) is 6.42 Å². The van der Waals surface area contributed by atoms with E-state index >= 15 is 0 Å². The summed E-state index contributed by atoms with van der Waals surface area (Å²) in [6.07, 6.45) is 5.81. The number of nitrogens with zero attached hydrogens (tertiary/aromatic N) is 5. The molecule has 6 heteroatoms. The Kier molecular flexibility index (Phi) is 4.80. The van der Waals surface area contributed by atoms with Crippen molar-refractivity contribution in [3.63, 3.8) is 0 Å². The molecule has 0 amide bonds. The highest BCUT2D eigenvalue weighted by Crippen LogP contribution is 2.20. The third-order valence-corrected chi connectivity index (χ3v) is 4.26. The fourth-order valence-corrected chi connectivity index (χ4v) is 3.01. The fraction of sp³-hybridized carbons (Fsp3) is 0.250. The molecule has 2 heterocycles. The summed E-state index contributed by atoms with van der Waals surface area (Å²) in [4.78, 5) is 4.13. The Morgan fingerprint density at radius 1 is 1.18 bits per heavy atom. The maximum Gasteiger partial charge on any atom is 0.214 e. The van der Waals surface area contributed by atoms with Crippen molar-refractivity contribution in [2.24, 2.45) is 0 Å². The van der Waals surface area contributed by atoms with Gasteiger partial charge in [0.05, 0.1) is 5.69 Å². The summed E-state index contributed by atoms with van der Waals surface area (Å²) in [7, 11) is 0. The van der Waals surface area contributed by atoms with Crippen molar-refractivity contribution in [3.05, 3.63) is 59.9 Å². The van der Waals surface area contributed by atoms with Gasteiger partial charge in [-0.15, -0.1) is 5.10 Å². The second-order valence-electron chi connectivity index (χ2n) is 5.03. The van der Waals surface area contributed by atoms with Gasteiger partial charge in [-0.05, 0) is 59.5 Å². The second-order valence-corrected chi connectivity index (χ2v) is 6.09. The molecule has 0 fully saturated rings. The minimum absolute atomic E-state index is 0.830. The molecule has 0 saturated carbocycles. The Balaban J connectivity index is 1.59. The quantitative estimate of drug-likeness (QED) is 0.517. The van der Waals surface area contributed by atoms with Gasteiger partial charge in [0.2, 0.25) is 5.16 Å². The van der Waals surface area contributed by atoms with Crippen molar-refractivity contribution in [2.45, 2.75) is 24.9 Å². The third-order valence-electron chi connectivity index (χ3n) is 3.25. The summed E-state index contributed by atoms with van der Waals surface area (Å²) >= 11 is 1.68. The van der Waals surface area contributed by atoms with Crippen LogP contribution in [0.3, 0.4) is 0 Å². The summed E-state index contributed by atoms with van der Waals surface area (Å²) in [6, 6.07) is 12.3. The maximum absolute atomic E-state index is 4.13. The molecule has 22 heavy (non-hydrogen) atoms. The van der Waals surface area contributed by atoms with E-state index in [9.17, 15) is 0 Å². The van der Waals surface area contributed by atoms with Gasteiger partial charge in [0, 0.05) is 18.1 Å². The molecule has 0 bridgehead atoms. The number of benzene rings is 1. The van der Waals surface area contributed by atoms with E-state index in [4.69, 9.17) is 0 Å². The second kappa shape index (κ2) is 7.17. The van der Waals surface area contributed by atoms with Crippen LogP contribution in [0, 0.1) is 6.92 Å². The smallest absolute Gasteiger partial charge is 0.214 e. The molecule has 5 nitrogen and oxygen atoms in total. The lowest BCUT2D eigenvalue weighted by molar-refractivity contribution is 0.755. The van der Waals surface area contributed by atoms with Crippen molar-refractivity contribution < 1.29 is 0 Å². The van der Waals surface area contributed by atoms with Crippen molar-refractivity contribution >= 4 is 11.8 Å². The van der Waals surface area contributed by atoms with Gasteiger partial charge >= 0.3 is 0 Å². The Bertz CT molecular complexity index is 726. The number of aromatic nitrogens is 5. The van der Waals surface area contributed by atoms with E-state index in [1.807, 2.05) is 24.4 Å². The van der Waals surface area contributed by atoms with E-state index in [-0.39, 0.29) is 0 Å². The Morgan fingerprint density at radius 3 is 2.95 bits per heavy atom. The minimum Gasteiger partial charge on any atom is -0.264 e. The molecule has 0 unspecified atom stereocenters. The Hall–Kier alpha value is -2.21. The van der Waals surface area contributed by atoms with E-state index in [2.05, 4.69) is 45.6 Å². The van der Waals surface area contributed by atoms with Gasteiger partial charge < -0.3 is 0 Å². The Morgan fingerprint density at radius 2 is 2.14 bits per heavy atom. The first kappa shape index (κ1) is 14.7. The van der Waals surface area contributed by atoms with E-state index in [1.165, 1.54) is 11.1 Å². The van der Waals surface area contributed by atoms with Crippen LogP contribution >= 0.6 is 11.8 Å². The van der Waals surface area contributed by atoms with E-state index < -0.39 is 0 Å². The van der Waals surface area contributed by atoms with Gasteiger partial charge in [-0.3, -0.25) is 4.98 Å². The first-order chi connectivity index (χ1) is 10.8.